The quantitative estimate of drug-likeness (QED) is 0.578. The van der Waals surface area contributed by atoms with Crippen molar-refractivity contribution in [1.82, 2.24) is 4.90 Å². The van der Waals surface area contributed by atoms with Crippen molar-refractivity contribution in [3.05, 3.63) is 0 Å². The Morgan fingerprint density at radius 3 is 2.09 bits per heavy atom. The molecule has 0 saturated carbocycles. The Bertz CT molecular complexity index is 469. The molecule has 122 valence electrons. The van der Waals surface area contributed by atoms with Gasteiger partial charge in [-0.15, -0.1) is 0 Å². The summed E-state index contributed by atoms with van der Waals surface area (Å²) in [6.45, 7) is 0.893. The summed E-state index contributed by atoms with van der Waals surface area (Å²) in [6.07, 6.45) is 2.13. The standard InChI is InChI=1S/C13H21N5O4/c1-19-9(20-2)5-18(6-10(21-3)22-4)13-11-12(15-7-14-11)16-8-17-13/h7-11H,5-6H2,1-4H3. The van der Waals surface area contributed by atoms with Crippen molar-refractivity contribution in [2.75, 3.05) is 41.5 Å². The first-order chi connectivity index (χ1) is 10.7. The Balaban J connectivity index is 2.19. The maximum Gasteiger partial charge on any atom is 0.174 e. The van der Waals surface area contributed by atoms with Crippen molar-refractivity contribution in [3.8, 4) is 0 Å². The fourth-order valence-corrected chi connectivity index (χ4v) is 2.17. The average Bonchev–Trinajstić information content (AvgIpc) is 3.04. The molecule has 1 atom stereocenters. The summed E-state index contributed by atoms with van der Waals surface area (Å²) >= 11 is 0. The van der Waals surface area contributed by atoms with E-state index < -0.39 is 12.6 Å². The van der Waals surface area contributed by atoms with Crippen molar-refractivity contribution in [3.63, 3.8) is 0 Å². The third kappa shape index (κ3) is 3.74. The highest BCUT2D eigenvalue weighted by molar-refractivity contribution is 6.19. The van der Waals surface area contributed by atoms with E-state index in [1.165, 1.54) is 12.7 Å². The second kappa shape index (κ2) is 8.08. The molecule has 2 rings (SSSR count). The number of amidine groups is 2. The number of methoxy groups -OCH3 is 4. The minimum Gasteiger partial charge on any atom is -0.354 e. The number of rotatable bonds is 8. The summed E-state index contributed by atoms with van der Waals surface area (Å²) < 4.78 is 21.1. The van der Waals surface area contributed by atoms with Crippen LogP contribution in [0.1, 0.15) is 0 Å². The minimum absolute atomic E-state index is 0.311. The molecule has 2 aliphatic heterocycles. The number of nitrogens with zero attached hydrogens (tertiary/aromatic N) is 5. The van der Waals surface area contributed by atoms with Crippen LogP contribution in [0.25, 0.3) is 0 Å². The topological polar surface area (TPSA) is 89.6 Å². The lowest BCUT2D eigenvalue weighted by Gasteiger charge is -2.33. The molecule has 0 spiro atoms. The van der Waals surface area contributed by atoms with E-state index in [2.05, 4.69) is 20.0 Å². The molecular formula is C13H21N5O4. The van der Waals surface area contributed by atoms with Gasteiger partial charge >= 0.3 is 0 Å². The van der Waals surface area contributed by atoms with Crippen molar-refractivity contribution >= 4 is 24.3 Å². The number of fused-ring (bicyclic) bond motifs is 1. The van der Waals surface area contributed by atoms with Gasteiger partial charge in [-0.05, 0) is 0 Å². The first kappa shape index (κ1) is 16.7. The van der Waals surface area contributed by atoms with Gasteiger partial charge in [-0.25, -0.2) is 15.0 Å². The van der Waals surface area contributed by atoms with E-state index in [0.29, 0.717) is 24.8 Å². The molecule has 2 aliphatic rings. The van der Waals surface area contributed by atoms with Crippen LogP contribution >= 0.6 is 0 Å². The Hall–Kier alpha value is -1.68. The molecule has 9 heteroatoms. The van der Waals surface area contributed by atoms with E-state index >= 15 is 0 Å². The van der Waals surface area contributed by atoms with E-state index in [1.807, 2.05) is 4.90 Å². The van der Waals surface area contributed by atoms with Crippen LogP contribution in [0.3, 0.4) is 0 Å². The zero-order valence-electron chi connectivity index (χ0n) is 13.2. The van der Waals surface area contributed by atoms with E-state index in [0.717, 1.165) is 0 Å². The molecule has 0 saturated heterocycles. The van der Waals surface area contributed by atoms with Crippen LogP contribution in [0.5, 0.6) is 0 Å². The average molecular weight is 311 g/mol. The first-order valence-corrected chi connectivity index (χ1v) is 6.79. The Morgan fingerprint density at radius 2 is 1.55 bits per heavy atom. The van der Waals surface area contributed by atoms with Gasteiger partial charge in [-0.2, -0.15) is 0 Å². The molecule has 0 fully saturated rings. The summed E-state index contributed by atoms with van der Waals surface area (Å²) in [6, 6.07) is -0.311. The lowest BCUT2D eigenvalue weighted by Crippen LogP contribution is -2.49. The largest absolute Gasteiger partial charge is 0.354 e. The number of hydrogen-bond donors (Lipinski definition) is 0. The van der Waals surface area contributed by atoms with Gasteiger partial charge in [0.25, 0.3) is 0 Å². The van der Waals surface area contributed by atoms with Gasteiger partial charge in [0.05, 0.1) is 13.1 Å². The summed E-state index contributed by atoms with van der Waals surface area (Å²) in [7, 11) is 6.34. The van der Waals surface area contributed by atoms with Crippen LogP contribution in [-0.4, -0.2) is 89.4 Å². The predicted octanol–water partition coefficient (Wildman–Crippen LogP) is -0.224. The number of hydrogen-bond acceptors (Lipinski definition) is 9. The maximum absolute atomic E-state index is 5.28. The highest BCUT2D eigenvalue weighted by atomic mass is 16.7. The van der Waals surface area contributed by atoms with Crippen LogP contribution in [0.2, 0.25) is 0 Å². The fourth-order valence-electron chi connectivity index (χ4n) is 2.17. The predicted molar refractivity (Wildman–Crippen MR) is 82.8 cm³/mol. The second-order valence-electron chi connectivity index (χ2n) is 4.59. The smallest absolute Gasteiger partial charge is 0.174 e. The van der Waals surface area contributed by atoms with Crippen LogP contribution in [-0.2, 0) is 18.9 Å². The fraction of sp³-hybridized carbons (Fsp3) is 0.692. The van der Waals surface area contributed by atoms with E-state index in [-0.39, 0.29) is 6.04 Å². The van der Waals surface area contributed by atoms with Gasteiger partial charge in [0.15, 0.2) is 24.5 Å². The molecule has 0 aromatic carbocycles. The zero-order chi connectivity index (χ0) is 15.9. The normalized spacial score (nSPS) is 19.6. The van der Waals surface area contributed by atoms with Crippen LogP contribution in [0.15, 0.2) is 20.0 Å². The van der Waals surface area contributed by atoms with Crippen molar-refractivity contribution in [2.45, 2.75) is 18.6 Å². The molecule has 0 N–H and O–H groups in total. The molecule has 0 bridgehead atoms. The van der Waals surface area contributed by atoms with Gasteiger partial charge in [0.1, 0.15) is 18.5 Å². The number of ether oxygens (including phenoxy) is 4. The molecular weight excluding hydrogens is 290 g/mol. The molecule has 22 heavy (non-hydrogen) atoms. The highest BCUT2D eigenvalue weighted by Gasteiger charge is 2.32. The van der Waals surface area contributed by atoms with E-state index in [1.54, 1.807) is 28.4 Å². The Labute approximate surface area is 129 Å². The first-order valence-electron chi connectivity index (χ1n) is 6.79. The van der Waals surface area contributed by atoms with Crippen LogP contribution in [0, 0.1) is 0 Å². The molecule has 0 amide bonds. The van der Waals surface area contributed by atoms with Crippen molar-refractivity contribution < 1.29 is 18.9 Å². The summed E-state index contributed by atoms with van der Waals surface area (Å²) in [4.78, 5) is 18.8. The SMILES string of the molecule is COC(CN(CC(OC)OC)C1=NC=NC2=NC=NC21)OC. The van der Waals surface area contributed by atoms with E-state index in [9.17, 15) is 0 Å². The monoisotopic (exact) mass is 311 g/mol. The Kier molecular flexibility index (Phi) is 6.13. The molecule has 1 unspecified atom stereocenters. The second-order valence-corrected chi connectivity index (χ2v) is 4.59. The molecule has 9 nitrogen and oxygen atoms in total. The summed E-state index contributed by atoms with van der Waals surface area (Å²) in [5.41, 5.74) is 0. The molecule has 0 radical (unpaired) electrons. The minimum atomic E-state index is -0.415. The summed E-state index contributed by atoms with van der Waals surface area (Å²) in [5, 5.41) is 0. The highest BCUT2D eigenvalue weighted by Crippen LogP contribution is 2.14. The number of aliphatic imine (C=N–C) groups is 4. The molecule has 0 aromatic heterocycles. The maximum atomic E-state index is 5.28. The Morgan fingerprint density at radius 1 is 0.955 bits per heavy atom. The van der Waals surface area contributed by atoms with E-state index in [4.69, 9.17) is 18.9 Å². The van der Waals surface area contributed by atoms with Gasteiger partial charge in [-0.3, -0.25) is 4.99 Å². The molecule has 0 aromatic rings. The van der Waals surface area contributed by atoms with Gasteiger partial charge in [-0.1, -0.05) is 0 Å². The van der Waals surface area contributed by atoms with Gasteiger partial charge in [0, 0.05) is 28.4 Å². The molecule has 0 aliphatic carbocycles. The van der Waals surface area contributed by atoms with Gasteiger partial charge in [0.2, 0.25) is 0 Å². The van der Waals surface area contributed by atoms with Crippen LogP contribution < -0.4 is 0 Å². The lowest BCUT2D eigenvalue weighted by atomic mass is 10.2. The molecule has 2 heterocycles. The zero-order valence-corrected chi connectivity index (χ0v) is 13.2. The van der Waals surface area contributed by atoms with Crippen molar-refractivity contribution in [1.29, 1.82) is 0 Å². The third-order valence-electron chi connectivity index (χ3n) is 3.39. The van der Waals surface area contributed by atoms with Crippen LogP contribution in [0.4, 0.5) is 0 Å². The third-order valence-corrected chi connectivity index (χ3v) is 3.39. The lowest BCUT2D eigenvalue weighted by molar-refractivity contribution is -0.133. The van der Waals surface area contributed by atoms with Crippen molar-refractivity contribution in [2.24, 2.45) is 20.0 Å². The van der Waals surface area contributed by atoms with Gasteiger partial charge < -0.3 is 23.8 Å². The summed E-state index contributed by atoms with van der Waals surface area (Å²) in [5.74, 6) is 1.33.